The second-order valence-corrected chi connectivity index (χ2v) is 12.4. The number of hydrogen-bond donors (Lipinski definition) is 1. The summed E-state index contributed by atoms with van der Waals surface area (Å²) in [7, 11) is 1.23. The molecule has 0 saturated carbocycles. The first-order chi connectivity index (χ1) is 20.8. The minimum atomic E-state index is -1.06. The Morgan fingerprint density at radius 3 is 1.95 bits per heavy atom. The van der Waals surface area contributed by atoms with Crippen molar-refractivity contribution in [2.24, 2.45) is 5.92 Å². The van der Waals surface area contributed by atoms with Gasteiger partial charge in [0.25, 0.3) is 5.91 Å². The van der Waals surface area contributed by atoms with Gasteiger partial charge in [-0.3, -0.25) is 4.79 Å². The number of benzene rings is 1. The van der Waals surface area contributed by atoms with Crippen LogP contribution in [0.25, 0.3) is 22.5 Å². The normalized spacial score (nSPS) is 15.3. The number of amides is 2. The molecule has 238 valence electrons. The molecule has 1 fully saturated rings. The summed E-state index contributed by atoms with van der Waals surface area (Å²) < 4.78 is 13.3. The van der Waals surface area contributed by atoms with E-state index in [1.165, 1.54) is 18.0 Å². The minimum Gasteiger partial charge on any atom is -0.467 e. The van der Waals surface area contributed by atoms with E-state index in [4.69, 9.17) is 9.47 Å². The summed E-state index contributed by atoms with van der Waals surface area (Å²) in [4.78, 5) is 41.8. The number of aliphatic hydroxyl groups is 1. The van der Waals surface area contributed by atoms with Gasteiger partial charge in [-0.25, -0.2) is 19.0 Å². The summed E-state index contributed by atoms with van der Waals surface area (Å²) in [6, 6.07) is 4.38. The van der Waals surface area contributed by atoms with Gasteiger partial charge in [0.2, 0.25) is 0 Å². The number of aromatic nitrogens is 6. The molecule has 3 heterocycles. The van der Waals surface area contributed by atoms with Crippen molar-refractivity contribution in [1.82, 2.24) is 39.8 Å². The number of methoxy groups -OCH3 is 1. The second kappa shape index (κ2) is 13.5. The summed E-state index contributed by atoms with van der Waals surface area (Å²) in [5.41, 5.74) is 1.98. The molecule has 3 aromatic rings. The molecule has 0 unspecified atom stereocenters. The van der Waals surface area contributed by atoms with E-state index in [0.29, 0.717) is 60.2 Å². The van der Waals surface area contributed by atoms with Crippen molar-refractivity contribution in [3.05, 3.63) is 36.2 Å². The zero-order chi connectivity index (χ0) is 32.2. The predicted molar refractivity (Wildman–Crippen MR) is 160 cm³/mol. The SMILES string of the molecule is COC(=O)[C@@H](CO)n1cc(-c2cc(C(=O)N3CCN(C(=O)OC(C)(C)C)CC3)cc(-c3cn([C@H](C)CC(C)C)nn3)c2)nn1. The zero-order valence-corrected chi connectivity index (χ0v) is 26.4. The fourth-order valence-corrected chi connectivity index (χ4v) is 5.03. The maximum absolute atomic E-state index is 13.8. The van der Waals surface area contributed by atoms with Gasteiger partial charge >= 0.3 is 12.1 Å². The van der Waals surface area contributed by atoms with Crippen LogP contribution in [0.3, 0.4) is 0 Å². The third kappa shape index (κ3) is 7.78. The number of piperazine rings is 1. The maximum atomic E-state index is 13.8. The van der Waals surface area contributed by atoms with Gasteiger partial charge in [-0.1, -0.05) is 24.3 Å². The van der Waals surface area contributed by atoms with E-state index >= 15 is 0 Å². The van der Waals surface area contributed by atoms with Crippen molar-refractivity contribution < 1.29 is 29.0 Å². The Balaban J connectivity index is 1.65. The van der Waals surface area contributed by atoms with Crippen LogP contribution < -0.4 is 0 Å². The van der Waals surface area contributed by atoms with E-state index in [-0.39, 0.29) is 11.9 Å². The van der Waals surface area contributed by atoms with Gasteiger partial charge < -0.3 is 24.4 Å². The summed E-state index contributed by atoms with van der Waals surface area (Å²) in [6.45, 7) is 12.7. The average Bonchev–Trinajstić information content (AvgIpc) is 3.67. The van der Waals surface area contributed by atoms with E-state index in [1.807, 2.05) is 37.7 Å². The van der Waals surface area contributed by atoms with Crippen LogP contribution in [-0.2, 0) is 14.3 Å². The molecule has 0 spiro atoms. The molecule has 0 aliphatic carbocycles. The molecule has 2 amide bonds. The fourth-order valence-electron chi connectivity index (χ4n) is 5.03. The number of carbonyl (C=O) groups is 3. The number of nitrogens with zero attached hydrogens (tertiary/aromatic N) is 8. The van der Waals surface area contributed by atoms with E-state index < -0.39 is 30.3 Å². The van der Waals surface area contributed by atoms with Crippen LogP contribution in [0.2, 0.25) is 0 Å². The predicted octanol–water partition coefficient (Wildman–Crippen LogP) is 3.21. The molecule has 1 aromatic carbocycles. The van der Waals surface area contributed by atoms with Crippen LogP contribution in [-0.4, -0.2) is 108 Å². The van der Waals surface area contributed by atoms with Crippen LogP contribution in [0.1, 0.15) is 70.4 Å². The highest BCUT2D eigenvalue weighted by Gasteiger charge is 2.29. The molecule has 2 aromatic heterocycles. The molecule has 0 bridgehead atoms. The molecule has 1 aliphatic heterocycles. The Morgan fingerprint density at radius 2 is 1.43 bits per heavy atom. The molecule has 1 saturated heterocycles. The largest absolute Gasteiger partial charge is 0.467 e. The summed E-state index contributed by atoms with van der Waals surface area (Å²) in [6.07, 6.45) is 3.90. The maximum Gasteiger partial charge on any atom is 0.410 e. The number of esters is 1. The van der Waals surface area contributed by atoms with Gasteiger partial charge in [-0.05, 0) is 58.2 Å². The molecular formula is C30H42N8O6. The number of carbonyl (C=O) groups excluding carboxylic acids is 3. The molecule has 4 rings (SSSR count). The number of aliphatic hydroxyl groups excluding tert-OH is 1. The lowest BCUT2D eigenvalue weighted by Crippen LogP contribution is -2.51. The van der Waals surface area contributed by atoms with E-state index in [9.17, 15) is 19.5 Å². The molecule has 1 aliphatic rings. The van der Waals surface area contributed by atoms with Crippen molar-refractivity contribution in [1.29, 1.82) is 0 Å². The van der Waals surface area contributed by atoms with Crippen molar-refractivity contribution in [3.63, 3.8) is 0 Å². The summed E-state index contributed by atoms with van der Waals surface area (Å²) in [5, 5.41) is 26.7. The molecular weight excluding hydrogens is 568 g/mol. The van der Waals surface area contributed by atoms with Crippen molar-refractivity contribution in [3.8, 4) is 22.5 Å². The van der Waals surface area contributed by atoms with Gasteiger partial charge in [-0.15, -0.1) is 10.2 Å². The Kier molecular flexibility index (Phi) is 10.0. The van der Waals surface area contributed by atoms with Crippen molar-refractivity contribution in [2.45, 2.75) is 65.6 Å². The Morgan fingerprint density at radius 1 is 0.886 bits per heavy atom. The van der Waals surface area contributed by atoms with Gasteiger partial charge in [0, 0.05) is 42.9 Å². The third-order valence-electron chi connectivity index (χ3n) is 7.24. The average molecular weight is 611 g/mol. The molecule has 14 heteroatoms. The van der Waals surface area contributed by atoms with Crippen LogP contribution in [0, 0.1) is 5.92 Å². The van der Waals surface area contributed by atoms with Crippen LogP contribution in [0.4, 0.5) is 4.79 Å². The summed E-state index contributed by atoms with van der Waals surface area (Å²) >= 11 is 0. The quantitative estimate of drug-likeness (QED) is 0.357. The first-order valence-corrected chi connectivity index (χ1v) is 14.7. The molecule has 2 atom stereocenters. The molecule has 44 heavy (non-hydrogen) atoms. The van der Waals surface area contributed by atoms with Gasteiger partial charge in [-0.2, -0.15) is 0 Å². The zero-order valence-electron chi connectivity index (χ0n) is 26.4. The Bertz CT molecular complexity index is 1470. The topological polar surface area (TPSA) is 158 Å². The van der Waals surface area contributed by atoms with Gasteiger partial charge in [0.15, 0.2) is 6.04 Å². The highest BCUT2D eigenvalue weighted by Crippen LogP contribution is 2.29. The fraction of sp³-hybridized carbons (Fsp3) is 0.567. The third-order valence-corrected chi connectivity index (χ3v) is 7.24. The lowest BCUT2D eigenvalue weighted by atomic mass is 10.0. The highest BCUT2D eigenvalue weighted by atomic mass is 16.6. The number of rotatable bonds is 9. The summed E-state index contributed by atoms with van der Waals surface area (Å²) in [5.74, 6) is -0.393. The van der Waals surface area contributed by atoms with Gasteiger partial charge in [0.05, 0.1) is 32.2 Å². The lowest BCUT2D eigenvalue weighted by Gasteiger charge is -2.35. The minimum absolute atomic E-state index is 0.135. The van der Waals surface area contributed by atoms with Crippen LogP contribution in [0.15, 0.2) is 30.6 Å². The second-order valence-electron chi connectivity index (χ2n) is 12.4. The van der Waals surface area contributed by atoms with Crippen LogP contribution in [0.5, 0.6) is 0 Å². The van der Waals surface area contributed by atoms with E-state index in [0.717, 1.165) is 6.42 Å². The smallest absolute Gasteiger partial charge is 0.410 e. The van der Waals surface area contributed by atoms with Crippen molar-refractivity contribution >= 4 is 18.0 Å². The highest BCUT2D eigenvalue weighted by molar-refractivity contribution is 5.97. The van der Waals surface area contributed by atoms with E-state index in [1.54, 1.807) is 21.9 Å². The standard InChI is InChI=1S/C30H42N8O6/c1-19(2)12-20(3)37-16-24(31-33-37)21-13-22(25-17-38(34-32-25)26(18-39)28(41)43-7)15-23(14-21)27(40)35-8-10-36(11-9-35)29(42)44-30(4,5)6/h13-17,19-20,26,39H,8-12,18H2,1-7H3/t20-,26-/m1/s1. The Labute approximate surface area is 256 Å². The number of ether oxygens (including phenoxy) is 2. The van der Waals surface area contributed by atoms with Gasteiger partial charge in [0.1, 0.15) is 17.0 Å². The van der Waals surface area contributed by atoms with Crippen LogP contribution >= 0.6 is 0 Å². The lowest BCUT2D eigenvalue weighted by molar-refractivity contribution is -0.146. The monoisotopic (exact) mass is 610 g/mol. The van der Waals surface area contributed by atoms with E-state index in [2.05, 4.69) is 41.4 Å². The molecule has 0 radical (unpaired) electrons. The number of hydrogen-bond acceptors (Lipinski definition) is 10. The molecule has 14 nitrogen and oxygen atoms in total. The Hall–Kier alpha value is -4.33. The van der Waals surface area contributed by atoms with Crippen molar-refractivity contribution in [2.75, 3.05) is 39.9 Å². The molecule has 1 N–H and O–H groups in total. The first kappa shape index (κ1) is 32.6. The first-order valence-electron chi connectivity index (χ1n) is 14.7.